The third-order valence-electron chi connectivity index (χ3n) is 1.72. The van der Waals surface area contributed by atoms with Crippen LogP contribution in [-0.2, 0) is 0 Å². The number of benzene rings is 1. The Kier molecular flexibility index (Phi) is 2.21. The first-order chi connectivity index (χ1) is 5.29. The molecule has 1 heteroatoms. The zero-order valence-electron chi connectivity index (χ0n) is 6.59. The minimum atomic E-state index is 0.931. The Balaban J connectivity index is 3.35. The molecular weight excluding hydrogens is 134 g/mol. The van der Waals surface area contributed by atoms with E-state index in [9.17, 15) is 0 Å². The van der Waals surface area contributed by atoms with Crippen LogP contribution in [0.5, 0.6) is 0 Å². The van der Waals surface area contributed by atoms with Crippen molar-refractivity contribution in [1.82, 2.24) is 0 Å². The highest BCUT2D eigenvalue weighted by Gasteiger charge is 1.97. The third kappa shape index (κ3) is 1.37. The van der Waals surface area contributed by atoms with Gasteiger partial charge in [0.1, 0.15) is 0 Å². The second kappa shape index (κ2) is 3.15. The van der Waals surface area contributed by atoms with Gasteiger partial charge in [0.25, 0.3) is 0 Å². The summed E-state index contributed by atoms with van der Waals surface area (Å²) in [5, 5.41) is 7.11. The molecule has 0 aliphatic rings. The van der Waals surface area contributed by atoms with Gasteiger partial charge in [-0.25, -0.2) is 0 Å². The number of hydrogen-bond acceptors (Lipinski definition) is 1. The van der Waals surface area contributed by atoms with E-state index in [1.165, 1.54) is 11.8 Å². The molecule has 0 aliphatic carbocycles. The van der Waals surface area contributed by atoms with Crippen LogP contribution >= 0.6 is 0 Å². The van der Waals surface area contributed by atoms with E-state index in [1.54, 1.807) is 6.08 Å². The summed E-state index contributed by atoms with van der Waals surface area (Å²) < 4.78 is 0. The van der Waals surface area contributed by atoms with Gasteiger partial charge in [0, 0.05) is 6.21 Å². The van der Waals surface area contributed by atoms with Crippen molar-refractivity contribution in [1.29, 1.82) is 5.41 Å². The highest BCUT2D eigenvalue weighted by molar-refractivity contribution is 5.84. The molecular formula is C10H11N. The summed E-state index contributed by atoms with van der Waals surface area (Å²) in [6.45, 7) is 5.71. The van der Waals surface area contributed by atoms with Gasteiger partial charge < -0.3 is 5.41 Å². The van der Waals surface area contributed by atoms with E-state index in [1.807, 2.05) is 25.1 Å². The second-order valence-electron chi connectivity index (χ2n) is 2.43. The summed E-state index contributed by atoms with van der Waals surface area (Å²) in [5.74, 6) is 0. The van der Waals surface area contributed by atoms with Gasteiger partial charge in [-0.3, -0.25) is 0 Å². The van der Waals surface area contributed by atoms with Crippen LogP contribution in [0.15, 0.2) is 24.8 Å². The number of hydrogen-bond donors (Lipinski definition) is 1. The van der Waals surface area contributed by atoms with Crippen molar-refractivity contribution >= 4 is 12.3 Å². The Morgan fingerprint density at radius 3 is 2.64 bits per heavy atom. The molecule has 0 radical (unpaired) electrons. The SMILES string of the molecule is C=Cc1c(C)cccc1C=N. The van der Waals surface area contributed by atoms with Crippen LogP contribution in [0.1, 0.15) is 16.7 Å². The van der Waals surface area contributed by atoms with Gasteiger partial charge in [0.05, 0.1) is 0 Å². The summed E-state index contributed by atoms with van der Waals surface area (Å²) >= 11 is 0. The second-order valence-corrected chi connectivity index (χ2v) is 2.43. The molecule has 0 heterocycles. The van der Waals surface area contributed by atoms with Crippen molar-refractivity contribution in [2.75, 3.05) is 0 Å². The fourth-order valence-electron chi connectivity index (χ4n) is 1.11. The van der Waals surface area contributed by atoms with Crippen molar-refractivity contribution in [3.05, 3.63) is 41.5 Å². The van der Waals surface area contributed by atoms with Crippen molar-refractivity contribution < 1.29 is 0 Å². The molecule has 0 aliphatic heterocycles. The summed E-state index contributed by atoms with van der Waals surface area (Å²) in [4.78, 5) is 0. The zero-order valence-corrected chi connectivity index (χ0v) is 6.59. The Labute approximate surface area is 66.9 Å². The average molecular weight is 145 g/mol. The van der Waals surface area contributed by atoms with E-state index in [2.05, 4.69) is 6.58 Å². The van der Waals surface area contributed by atoms with Crippen molar-refractivity contribution in [3.63, 3.8) is 0 Å². The molecule has 1 N–H and O–H groups in total. The van der Waals surface area contributed by atoms with Gasteiger partial charge >= 0.3 is 0 Å². The molecule has 1 nitrogen and oxygen atoms in total. The normalized spacial score (nSPS) is 9.18. The van der Waals surface area contributed by atoms with Crippen molar-refractivity contribution in [3.8, 4) is 0 Å². The monoisotopic (exact) mass is 145 g/mol. The van der Waals surface area contributed by atoms with Gasteiger partial charge in [0.15, 0.2) is 0 Å². The van der Waals surface area contributed by atoms with Crippen LogP contribution in [-0.4, -0.2) is 6.21 Å². The molecule has 0 atom stereocenters. The smallest absolute Gasteiger partial charge is 0.0256 e. The van der Waals surface area contributed by atoms with Crippen molar-refractivity contribution in [2.24, 2.45) is 0 Å². The predicted molar refractivity (Wildman–Crippen MR) is 49.2 cm³/mol. The first-order valence-electron chi connectivity index (χ1n) is 3.52. The van der Waals surface area contributed by atoms with Gasteiger partial charge in [-0.15, -0.1) is 0 Å². The molecule has 0 bridgehead atoms. The van der Waals surface area contributed by atoms with Crippen LogP contribution in [0.3, 0.4) is 0 Å². The van der Waals surface area contributed by atoms with Gasteiger partial charge in [-0.05, 0) is 23.6 Å². The number of rotatable bonds is 2. The van der Waals surface area contributed by atoms with E-state index in [4.69, 9.17) is 5.41 Å². The first-order valence-corrected chi connectivity index (χ1v) is 3.52. The van der Waals surface area contributed by atoms with Crippen LogP contribution < -0.4 is 0 Å². The number of aryl methyl sites for hydroxylation is 1. The Morgan fingerprint density at radius 1 is 1.45 bits per heavy atom. The van der Waals surface area contributed by atoms with E-state index in [0.29, 0.717) is 0 Å². The zero-order chi connectivity index (χ0) is 8.27. The highest BCUT2D eigenvalue weighted by Crippen LogP contribution is 2.12. The van der Waals surface area contributed by atoms with Crippen molar-refractivity contribution in [2.45, 2.75) is 6.92 Å². The van der Waals surface area contributed by atoms with E-state index >= 15 is 0 Å². The maximum Gasteiger partial charge on any atom is 0.0256 e. The first kappa shape index (κ1) is 7.73. The van der Waals surface area contributed by atoms with Crippen LogP contribution in [0.25, 0.3) is 6.08 Å². The largest absolute Gasteiger partial charge is 0.308 e. The third-order valence-corrected chi connectivity index (χ3v) is 1.72. The van der Waals surface area contributed by atoms with Crippen LogP contribution in [0.2, 0.25) is 0 Å². The Hall–Kier alpha value is -1.37. The molecule has 1 aromatic carbocycles. The van der Waals surface area contributed by atoms with Gasteiger partial charge in [-0.2, -0.15) is 0 Å². The lowest BCUT2D eigenvalue weighted by Gasteiger charge is -2.02. The summed E-state index contributed by atoms with van der Waals surface area (Å²) in [5.41, 5.74) is 3.16. The summed E-state index contributed by atoms with van der Waals surface area (Å²) in [6, 6.07) is 5.88. The molecule has 0 amide bonds. The molecule has 0 aromatic heterocycles. The fraction of sp³-hybridized carbons (Fsp3) is 0.100. The molecule has 1 rings (SSSR count). The van der Waals surface area contributed by atoms with Crippen LogP contribution in [0.4, 0.5) is 0 Å². The highest BCUT2D eigenvalue weighted by atomic mass is 14.3. The predicted octanol–water partition coefficient (Wildman–Crippen LogP) is 2.64. The molecule has 0 fully saturated rings. The minimum absolute atomic E-state index is 0.931. The summed E-state index contributed by atoms with van der Waals surface area (Å²) in [7, 11) is 0. The lowest BCUT2D eigenvalue weighted by molar-refractivity contribution is 1.42. The van der Waals surface area contributed by atoms with Gasteiger partial charge in [0.2, 0.25) is 0 Å². The Bertz CT molecular complexity index is 287. The Morgan fingerprint density at radius 2 is 2.18 bits per heavy atom. The molecule has 0 unspecified atom stereocenters. The lowest BCUT2D eigenvalue weighted by Crippen LogP contribution is -1.88. The summed E-state index contributed by atoms with van der Waals surface area (Å²) in [6.07, 6.45) is 3.14. The maximum absolute atomic E-state index is 7.11. The van der Waals surface area contributed by atoms with E-state index in [0.717, 1.165) is 11.1 Å². The molecule has 0 spiro atoms. The molecule has 0 saturated heterocycles. The number of nitrogens with one attached hydrogen (secondary N) is 1. The molecule has 11 heavy (non-hydrogen) atoms. The fourth-order valence-corrected chi connectivity index (χ4v) is 1.11. The molecule has 0 saturated carbocycles. The average Bonchev–Trinajstić information content (AvgIpc) is 2.04. The standard InChI is InChI=1S/C10H11N/c1-3-10-8(2)5-4-6-9(10)7-11/h3-7,11H,1H2,2H3. The molecule has 1 aromatic rings. The van der Waals surface area contributed by atoms with E-state index in [-0.39, 0.29) is 0 Å². The molecule has 56 valence electrons. The van der Waals surface area contributed by atoms with Crippen LogP contribution in [0, 0.1) is 12.3 Å². The maximum atomic E-state index is 7.11. The van der Waals surface area contributed by atoms with Gasteiger partial charge in [-0.1, -0.05) is 30.9 Å². The topological polar surface area (TPSA) is 23.9 Å². The quantitative estimate of drug-likeness (QED) is 0.618. The van der Waals surface area contributed by atoms with E-state index < -0.39 is 0 Å². The minimum Gasteiger partial charge on any atom is -0.308 e. The lowest BCUT2D eigenvalue weighted by atomic mass is 10.0.